The molecule has 0 amide bonds. The van der Waals surface area contributed by atoms with Crippen LogP contribution >= 0.6 is 12.2 Å². The molecule has 4 nitrogen and oxygen atoms in total. The number of nitrogens with two attached hydrogens (primary N) is 1. The van der Waals surface area contributed by atoms with Crippen LogP contribution < -0.4 is 15.2 Å². The Morgan fingerprint density at radius 2 is 1.95 bits per heavy atom. The quantitative estimate of drug-likeness (QED) is 0.866. The summed E-state index contributed by atoms with van der Waals surface area (Å²) >= 11 is 4.98. The van der Waals surface area contributed by atoms with Gasteiger partial charge < -0.3 is 19.9 Å². The van der Waals surface area contributed by atoms with Gasteiger partial charge in [-0.15, -0.1) is 0 Å². The predicted octanol–water partition coefficient (Wildman–Crippen LogP) is 3.05. The van der Waals surface area contributed by atoms with Gasteiger partial charge in [-0.1, -0.05) is 12.2 Å². The second-order valence-electron chi connectivity index (χ2n) is 6.51. The summed E-state index contributed by atoms with van der Waals surface area (Å²) in [5.74, 6) is 1.30. The van der Waals surface area contributed by atoms with Gasteiger partial charge in [-0.2, -0.15) is 0 Å². The maximum atomic E-state index is 6.15. The van der Waals surface area contributed by atoms with E-state index in [0.717, 1.165) is 12.0 Å². The van der Waals surface area contributed by atoms with Crippen LogP contribution in [-0.2, 0) is 4.74 Å². The van der Waals surface area contributed by atoms with Gasteiger partial charge in [0.25, 0.3) is 0 Å². The van der Waals surface area contributed by atoms with Crippen LogP contribution in [0, 0.1) is 0 Å². The first-order valence-electron chi connectivity index (χ1n) is 6.99. The minimum Gasteiger partial charge on any atom is -0.493 e. The van der Waals surface area contributed by atoms with E-state index in [0.29, 0.717) is 16.5 Å². The second kappa shape index (κ2) is 5.46. The van der Waals surface area contributed by atoms with Gasteiger partial charge >= 0.3 is 0 Å². The molecule has 1 aliphatic heterocycles. The molecule has 2 N–H and O–H groups in total. The van der Waals surface area contributed by atoms with Crippen LogP contribution in [0.15, 0.2) is 18.2 Å². The molecule has 1 unspecified atom stereocenters. The molecule has 0 spiro atoms. The normalized spacial score (nSPS) is 22.8. The molecule has 1 heterocycles. The molecule has 0 bridgehead atoms. The third-order valence-corrected chi connectivity index (χ3v) is 3.94. The molecular formula is C16H23NO3S. The van der Waals surface area contributed by atoms with Crippen LogP contribution in [0.5, 0.6) is 11.5 Å². The molecule has 0 radical (unpaired) electrons. The summed E-state index contributed by atoms with van der Waals surface area (Å²) in [5, 5.41) is 0. The molecule has 0 aliphatic carbocycles. The number of hydrogen-bond donors (Lipinski definition) is 1. The Morgan fingerprint density at radius 3 is 2.43 bits per heavy atom. The van der Waals surface area contributed by atoms with Crippen molar-refractivity contribution >= 4 is 17.2 Å². The van der Waals surface area contributed by atoms with E-state index in [-0.39, 0.29) is 17.3 Å². The minimum atomic E-state index is -0.351. The van der Waals surface area contributed by atoms with E-state index in [4.69, 9.17) is 32.2 Å². The van der Waals surface area contributed by atoms with Gasteiger partial charge in [0, 0.05) is 12.0 Å². The zero-order valence-corrected chi connectivity index (χ0v) is 14.0. The topological polar surface area (TPSA) is 53.7 Å². The van der Waals surface area contributed by atoms with E-state index >= 15 is 0 Å². The Balaban J connectivity index is 2.25. The van der Waals surface area contributed by atoms with Crippen molar-refractivity contribution in [1.29, 1.82) is 0 Å². The number of hydrogen-bond acceptors (Lipinski definition) is 4. The minimum absolute atomic E-state index is 0.0444. The maximum Gasteiger partial charge on any atom is 0.161 e. The molecular weight excluding hydrogens is 286 g/mol. The SMILES string of the molecule is COc1cc(C(N)=S)ccc1OC1CC(C)(C)OC1(C)C. The Morgan fingerprint density at radius 1 is 1.29 bits per heavy atom. The Kier molecular flexibility index (Phi) is 4.17. The smallest absolute Gasteiger partial charge is 0.161 e. The molecule has 0 aromatic heterocycles. The van der Waals surface area contributed by atoms with E-state index in [1.165, 1.54) is 0 Å². The van der Waals surface area contributed by atoms with Crippen LogP contribution in [0.2, 0.25) is 0 Å². The summed E-state index contributed by atoms with van der Waals surface area (Å²) in [7, 11) is 1.60. The summed E-state index contributed by atoms with van der Waals surface area (Å²) in [6.45, 7) is 8.24. The van der Waals surface area contributed by atoms with E-state index in [1.54, 1.807) is 13.2 Å². The van der Waals surface area contributed by atoms with Gasteiger partial charge in [0.05, 0.1) is 12.7 Å². The van der Waals surface area contributed by atoms with E-state index in [2.05, 4.69) is 13.8 Å². The standard InChI is InChI=1S/C16H23NO3S/c1-15(2)9-13(16(3,4)20-15)19-11-7-6-10(14(17)21)8-12(11)18-5/h6-8,13H,9H2,1-5H3,(H2,17,21). The monoisotopic (exact) mass is 309 g/mol. The van der Waals surface area contributed by atoms with Gasteiger partial charge in [-0.05, 0) is 45.9 Å². The summed E-state index contributed by atoms with van der Waals surface area (Å²) in [6, 6.07) is 5.48. The molecule has 0 saturated carbocycles. The summed E-state index contributed by atoms with van der Waals surface area (Å²) in [4.78, 5) is 0.338. The van der Waals surface area contributed by atoms with Gasteiger partial charge in [0.2, 0.25) is 0 Å². The van der Waals surface area contributed by atoms with Crippen molar-refractivity contribution in [3.63, 3.8) is 0 Å². The summed E-state index contributed by atoms with van der Waals surface area (Å²) in [5.41, 5.74) is 5.86. The van der Waals surface area contributed by atoms with Gasteiger partial charge in [0.1, 0.15) is 16.7 Å². The van der Waals surface area contributed by atoms with Crippen LogP contribution in [-0.4, -0.2) is 29.4 Å². The fourth-order valence-corrected chi connectivity index (χ4v) is 2.89. The highest BCUT2D eigenvalue weighted by Gasteiger charge is 2.47. The molecule has 1 fully saturated rings. The molecule has 1 aromatic carbocycles. The number of rotatable bonds is 4. The Labute approximate surface area is 131 Å². The second-order valence-corrected chi connectivity index (χ2v) is 6.95. The van der Waals surface area contributed by atoms with Crippen molar-refractivity contribution in [3.8, 4) is 11.5 Å². The summed E-state index contributed by atoms with van der Waals surface area (Å²) in [6.07, 6.45) is 0.775. The molecule has 2 rings (SSSR count). The third kappa shape index (κ3) is 3.47. The van der Waals surface area contributed by atoms with Crippen molar-refractivity contribution in [3.05, 3.63) is 23.8 Å². The Hall–Kier alpha value is -1.33. The molecule has 1 aliphatic rings. The highest BCUT2D eigenvalue weighted by molar-refractivity contribution is 7.80. The zero-order chi connectivity index (χ0) is 15.8. The lowest BCUT2D eigenvalue weighted by Gasteiger charge is -2.28. The fraction of sp³-hybridized carbons (Fsp3) is 0.562. The number of ether oxygens (including phenoxy) is 3. The third-order valence-electron chi connectivity index (χ3n) is 3.71. The maximum absolute atomic E-state index is 6.15. The first-order chi connectivity index (χ1) is 9.64. The largest absolute Gasteiger partial charge is 0.493 e. The molecule has 5 heteroatoms. The van der Waals surface area contributed by atoms with Crippen molar-refractivity contribution in [2.24, 2.45) is 5.73 Å². The number of thiocarbonyl (C=S) groups is 1. The van der Waals surface area contributed by atoms with Crippen molar-refractivity contribution in [2.75, 3.05) is 7.11 Å². The van der Waals surface area contributed by atoms with Crippen molar-refractivity contribution in [2.45, 2.75) is 51.4 Å². The van der Waals surface area contributed by atoms with E-state index in [1.807, 2.05) is 26.0 Å². The van der Waals surface area contributed by atoms with Crippen molar-refractivity contribution < 1.29 is 14.2 Å². The van der Waals surface area contributed by atoms with Gasteiger partial charge in [0.15, 0.2) is 11.5 Å². The van der Waals surface area contributed by atoms with Crippen LogP contribution in [0.3, 0.4) is 0 Å². The number of benzene rings is 1. The first kappa shape index (κ1) is 16.0. The molecule has 1 atom stereocenters. The molecule has 1 saturated heterocycles. The predicted molar refractivity (Wildman–Crippen MR) is 87.2 cm³/mol. The highest BCUT2D eigenvalue weighted by Crippen LogP contribution is 2.41. The Bertz CT molecular complexity index is 554. The van der Waals surface area contributed by atoms with Gasteiger partial charge in [-0.3, -0.25) is 0 Å². The molecule has 1 aromatic rings. The average Bonchev–Trinajstić information content (AvgIpc) is 2.57. The molecule has 21 heavy (non-hydrogen) atoms. The van der Waals surface area contributed by atoms with Crippen LogP contribution in [0.1, 0.15) is 39.7 Å². The van der Waals surface area contributed by atoms with E-state index < -0.39 is 0 Å². The fourth-order valence-electron chi connectivity index (χ4n) is 2.77. The first-order valence-corrected chi connectivity index (χ1v) is 7.40. The lowest BCUT2D eigenvalue weighted by atomic mass is 9.97. The average molecular weight is 309 g/mol. The van der Waals surface area contributed by atoms with Crippen LogP contribution in [0.25, 0.3) is 0 Å². The zero-order valence-electron chi connectivity index (χ0n) is 13.2. The summed E-state index contributed by atoms with van der Waals surface area (Å²) < 4.78 is 17.6. The lowest BCUT2D eigenvalue weighted by Crippen LogP contribution is -2.36. The van der Waals surface area contributed by atoms with Crippen LogP contribution in [0.4, 0.5) is 0 Å². The molecule has 116 valence electrons. The van der Waals surface area contributed by atoms with Gasteiger partial charge in [-0.25, -0.2) is 0 Å². The van der Waals surface area contributed by atoms with Crippen molar-refractivity contribution in [1.82, 2.24) is 0 Å². The van der Waals surface area contributed by atoms with E-state index in [9.17, 15) is 0 Å². The highest BCUT2D eigenvalue weighted by atomic mass is 32.1. The lowest BCUT2D eigenvalue weighted by molar-refractivity contribution is -0.0847. The number of methoxy groups -OCH3 is 1.